The molecule has 1 N–H and O–H groups in total. The van der Waals surface area contributed by atoms with Gasteiger partial charge < -0.3 is 24.3 Å². The zero-order chi connectivity index (χ0) is 22.3. The lowest BCUT2D eigenvalue weighted by atomic mass is 9.69. The van der Waals surface area contributed by atoms with E-state index in [0.29, 0.717) is 46.0 Å². The topological polar surface area (TPSA) is 100 Å². The highest BCUT2D eigenvalue weighted by Crippen LogP contribution is 2.47. The molecule has 2 aliphatic heterocycles. The second-order valence-corrected chi connectivity index (χ2v) is 7.87. The van der Waals surface area contributed by atoms with Crippen LogP contribution < -0.4 is 14.8 Å². The van der Waals surface area contributed by atoms with Gasteiger partial charge in [0.2, 0.25) is 6.79 Å². The number of methoxy groups -OCH3 is 1. The molecule has 3 atom stereocenters. The van der Waals surface area contributed by atoms with Gasteiger partial charge in [0, 0.05) is 22.9 Å². The summed E-state index contributed by atoms with van der Waals surface area (Å²) in [7, 11) is 1.27. The lowest BCUT2D eigenvalue weighted by Crippen LogP contribution is -2.43. The molecule has 0 spiro atoms. The molecular weight excluding hydrogens is 402 g/mol. The molecular formula is C23H25NO7. The molecule has 1 aromatic carbocycles. The van der Waals surface area contributed by atoms with Crippen LogP contribution in [0.15, 0.2) is 40.7 Å². The van der Waals surface area contributed by atoms with Crippen molar-refractivity contribution in [2.45, 2.75) is 33.1 Å². The van der Waals surface area contributed by atoms with E-state index >= 15 is 0 Å². The fourth-order valence-electron chi connectivity index (χ4n) is 4.59. The average molecular weight is 427 g/mol. The predicted molar refractivity (Wildman–Crippen MR) is 109 cm³/mol. The summed E-state index contributed by atoms with van der Waals surface area (Å²) in [6.07, 6.45) is 0.481. The summed E-state index contributed by atoms with van der Waals surface area (Å²) in [5.41, 5.74) is 2.75. The molecule has 0 saturated heterocycles. The minimum atomic E-state index is -0.927. The standard InChI is InChI=1S/C23H25NO7/c1-5-29-23(27)18-12(3)24-14-8-11(2)17(22(26)28-4)21(25)20(14)19(18)13-6-7-15-16(9-13)31-10-30-15/h6-7,9,11,17,19,24H,5,8,10H2,1-4H3/t11-,17-,19-/m1/s1. The number of ether oxygens (including phenoxy) is 4. The number of carbonyl (C=O) groups excluding carboxylic acids is 3. The van der Waals surface area contributed by atoms with Gasteiger partial charge in [-0.1, -0.05) is 13.0 Å². The van der Waals surface area contributed by atoms with Crippen molar-refractivity contribution < 1.29 is 33.3 Å². The Morgan fingerprint density at radius 2 is 1.97 bits per heavy atom. The minimum Gasteiger partial charge on any atom is -0.468 e. The number of nitrogens with one attached hydrogen (secondary N) is 1. The number of Topliss-reactive ketones (excluding diaryl/α,β-unsaturated/α-hetero) is 1. The van der Waals surface area contributed by atoms with Crippen LogP contribution in [0.25, 0.3) is 0 Å². The van der Waals surface area contributed by atoms with Crippen LogP contribution in [-0.2, 0) is 23.9 Å². The summed E-state index contributed by atoms with van der Waals surface area (Å²) in [6, 6.07) is 5.33. The van der Waals surface area contributed by atoms with Crippen molar-refractivity contribution in [1.29, 1.82) is 0 Å². The van der Waals surface area contributed by atoms with Crippen LogP contribution in [0.2, 0.25) is 0 Å². The molecule has 164 valence electrons. The molecule has 0 saturated carbocycles. The zero-order valence-electron chi connectivity index (χ0n) is 17.9. The summed E-state index contributed by atoms with van der Waals surface area (Å²) < 4.78 is 21.1. The molecule has 0 unspecified atom stereocenters. The molecule has 1 aliphatic carbocycles. The number of rotatable bonds is 4. The van der Waals surface area contributed by atoms with Crippen LogP contribution in [-0.4, -0.2) is 38.2 Å². The molecule has 0 fully saturated rings. The van der Waals surface area contributed by atoms with E-state index in [-0.39, 0.29) is 25.1 Å². The minimum absolute atomic E-state index is 0.111. The van der Waals surface area contributed by atoms with Crippen molar-refractivity contribution in [2.75, 3.05) is 20.5 Å². The molecule has 0 amide bonds. The Morgan fingerprint density at radius 1 is 1.23 bits per heavy atom. The van der Waals surface area contributed by atoms with Crippen molar-refractivity contribution in [1.82, 2.24) is 5.32 Å². The Balaban J connectivity index is 1.87. The van der Waals surface area contributed by atoms with Crippen molar-refractivity contribution >= 4 is 17.7 Å². The Bertz CT molecular complexity index is 1020. The van der Waals surface area contributed by atoms with Crippen molar-refractivity contribution in [3.8, 4) is 11.5 Å². The molecule has 0 bridgehead atoms. The number of fused-ring (bicyclic) bond motifs is 1. The first kappa shape index (κ1) is 21.0. The van der Waals surface area contributed by atoms with Crippen LogP contribution in [0.4, 0.5) is 0 Å². The summed E-state index contributed by atoms with van der Waals surface area (Å²) in [6.45, 7) is 5.67. The Kier molecular flexibility index (Phi) is 5.47. The largest absolute Gasteiger partial charge is 0.468 e. The second-order valence-electron chi connectivity index (χ2n) is 7.87. The molecule has 4 rings (SSSR count). The second kappa shape index (κ2) is 8.09. The van der Waals surface area contributed by atoms with Crippen molar-refractivity contribution in [3.05, 3.63) is 46.3 Å². The molecule has 0 radical (unpaired) electrons. The van der Waals surface area contributed by atoms with Crippen molar-refractivity contribution in [2.24, 2.45) is 11.8 Å². The van der Waals surface area contributed by atoms with Gasteiger partial charge in [-0.3, -0.25) is 9.59 Å². The third-order valence-electron chi connectivity index (χ3n) is 5.97. The van der Waals surface area contributed by atoms with E-state index in [1.807, 2.05) is 6.92 Å². The van der Waals surface area contributed by atoms with Crippen LogP contribution >= 0.6 is 0 Å². The SMILES string of the molecule is CCOC(=O)C1=C(C)NC2=C(C(=O)[C@H](C(=O)OC)[C@H](C)C2)[C@@H]1c1ccc2c(c1)OCO2. The van der Waals surface area contributed by atoms with Crippen molar-refractivity contribution in [3.63, 3.8) is 0 Å². The lowest BCUT2D eigenvalue weighted by Gasteiger charge is -2.38. The monoisotopic (exact) mass is 427 g/mol. The van der Waals surface area contributed by atoms with E-state index in [4.69, 9.17) is 18.9 Å². The van der Waals surface area contributed by atoms with E-state index in [0.717, 1.165) is 0 Å². The Morgan fingerprint density at radius 3 is 2.68 bits per heavy atom. The van der Waals surface area contributed by atoms with Gasteiger partial charge in [-0.25, -0.2) is 4.79 Å². The number of ketones is 1. The predicted octanol–water partition coefficient (Wildman–Crippen LogP) is 2.59. The van der Waals surface area contributed by atoms with E-state index in [1.165, 1.54) is 7.11 Å². The summed E-state index contributed by atoms with van der Waals surface area (Å²) in [5, 5.41) is 3.23. The van der Waals surface area contributed by atoms with E-state index in [9.17, 15) is 14.4 Å². The van der Waals surface area contributed by atoms with Gasteiger partial charge in [-0.05, 0) is 43.9 Å². The Hall–Kier alpha value is -3.29. The highest BCUT2D eigenvalue weighted by atomic mass is 16.7. The van der Waals surface area contributed by atoms with E-state index in [1.54, 1.807) is 32.0 Å². The van der Waals surface area contributed by atoms with Crippen LogP contribution in [0.1, 0.15) is 38.7 Å². The fourth-order valence-corrected chi connectivity index (χ4v) is 4.59. The van der Waals surface area contributed by atoms with E-state index < -0.39 is 23.8 Å². The average Bonchev–Trinajstić information content (AvgIpc) is 3.20. The smallest absolute Gasteiger partial charge is 0.336 e. The zero-order valence-corrected chi connectivity index (χ0v) is 17.9. The van der Waals surface area contributed by atoms with Crippen LogP contribution in [0, 0.1) is 11.8 Å². The third kappa shape index (κ3) is 3.45. The van der Waals surface area contributed by atoms with Gasteiger partial charge in [-0.2, -0.15) is 0 Å². The highest BCUT2D eigenvalue weighted by molar-refractivity contribution is 6.12. The quantitative estimate of drug-likeness (QED) is 0.578. The summed E-state index contributed by atoms with van der Waals surface area (Å²) in [4.78, 5) is 38.9. The third-order valence-corrected chi connectivity index (χ3v) is 5.97. The lowest BCUT2D eigenvalue weighted by molar-refractivity contribution is -0.151. The number of allylic oxidation sites excluding steroid dienone is 3. The van der Waals surface area contributed by atoms with E-state index in [2.05, 4.69) is 5.32 Å². The molecule has 1 aromatic rings. The molecule has 2 heterocycles. The maximum Gasteiger partial charge on any atom is 0.336 e. The molecule has 31 heavy (non-hydrogen) atoms. The molecule has 8 nitrogen and oxygen atoms in total. The number of dihydropyridines is 1. The first-order valence-electron chi connectivity index (χ1n) is 10.3. The van der Waals surface area contributed by atoms with Crippen LogP contribution in [0.5, 0.6) is 11.5 Å². The van der Waals surface area contributed by atoms with Gasteiger partial charge >= 0.3 is 11.9 Å². The fraction of sp³-hybridized carbons (Fsp3) is 0.435. The molecule has 3 aliphatic rings. The van der Waals surface area contributed by atoms with Gasteiger partial charge in [0.1, 0.15) is 5.92 Å². The molecule has 8 heteroatoms. The Labute approximate surface area is 180 Å². The van der Waals surface area contributed by atoms with Crippen LogP contribution in [0.3, 0.4) is 0 Å². The normalized spacial score (nSPS) is 24.5. The first-order chi connectivity index (χ1) is 14.9. The first-order valence-corrected chi connectivity index (χ1v) is 10.3. The highest BCUT2D eigenvalue weighted by Gasteiger charge is 2.47. The summed E-state index contributed by atoms with van der Waals surface area (Å²) >= 11 is 0. The number of hydrogen-bond donors (Lipinski definition) is 1. The molecule has 0 aromatic heterocycles. The van der Waals surface area contributed by atoms with Gasteiger partial charge in [0.25, 0.3) is 0 Å². The number of esters is 2. The number of benzene rings is 1. The number of carbonyl (C=O) groups is 3. The van der Waals surface area contributed by atoms with Gasteiger partial charge in [-0.15, -0.1) is 0 Å². The maximum atomic E-state index is 13.6. The maximum absolute atomic E-state index is 13.6. The van der Waals surface area contributed by atoms with Gasteiger partial charge in [0.05, 0.1) is 19.3 Å². The summed E-state index contributed by atoms with van der Waals surface area (Å²) in [5.74, 6) is -2.15. The number of hydrogen-bond acceptors (Lipinski definition) is 8. The van der Waals surface area contributed by atoms with Gasteiger partial charge in [0.15, 0.2) is 17.3 Å².